The summed E-state index contributed by atoms with van der Waals surface area (Å²) in [5.74, 6) is -0.981. The van der Waals surface area contributed by atoms with E-state index in [0.29, 0.717) is 0 Å². The number of aliphatic imine (C=N–C) groups is 2. The minimum absolute atomic E-state index is 0.228. The molecule has 2 rings (SSSR count). The molecular weight excluding hydrogens is 312 g/mol. The van der Waals surface area contributed by atoms with Gasteiger partial charge in [0.25, 0.3) is 5.66 Å². The Balaban J connectivity index is 0.000000531. The molecule has 0 spiro atoms. The lowest BCUT2D eigenvalue weighted by Gasteiger charge is -2.32. The average Bonchev–Trinajstić information content (AvgIpc) is 3.08. The van der Waals surface area contributed by atoms with E-state index in [1.807, 2.05) is 62.3 Å². The number of allylic oxidation sites excluding steroid dienone is 4. The molecule has 0 saturated carbocycles. The quantitative estimate of drug-likeness (QED) is 0.700. The highest BCUT2D eigenvalue weighted by molar-refractivity contribution is 6.47. The van der Waals surface area contributed by atoms with E-state index in [9.17, 15) is 9.90 Å². The number of nitrogens with zero attached hydrogens (tertiary/aromatic N) is 2. The van der Waals surface area contributed by atoms with Gasteiger partial charge in [0, 0.05) is 16.2 Å². The van der Waals surface area contributed by atoms with Crippen molar-refractivity contribution in [3.05, 3.63) is 24.3 Å². The second-order valence-corrected chi connectivity index (χ2v) is 9.74. The van der Waals surface area contributed by atoms with Crippen LogP contribution >= 0.6 is 0 Å². The van der Waals surface area contributed by atoms with Gasteiger partial charge in [-0.3, -0.25) is 0 Å². The van der Waals surface area contributed by atoms with Crippen molar-refractivity contribution in [1.82, 2.24) is 0 Å². The fraction of sp³-hybridized carbons (Fsp3) is 0.667. The Morgan fingerprint density at radius 3 is 1.40 bits per heavy atom. The summed E-state index contributed by atoms with van der Waals surface area (Å²) in [4.78, 5) is 21.1. The zero-order valence-electron chi connectivity index (χ0n) is 17.3. The van der Waals surface area contributed by atoms with Gasteiger partial charge in [-0.15, -0.1) is 0 Å². The fourth-order valence-electron chi connectivity index (χ4n) is 2.65. The zero-order valence-corrected chi connectivity index (χ0v) is 17.3. The molecule has 0 aromatic carbocycles. The minimum atomic E-state index is -1.42. The Bertz CT molecular complexity index is 590. The Morgan fingerprint density at radius 2 is 1.24 bits per heavy atom. The summed E-state index contributed by atoms with van der Waals surface area (Å²) in [6.07, 6.45) is 9.50. The maximum Gasteiger partial charge on any atom is 0.354 e. The van der Waals surface area contributed by atoms with Gasteiger partial charge in [-0.05, 0) is 6.42 Å². The van der Waals surface area contributed by atoms with Gasteiger partial charge in [0.1, 0.15) is 0 Å². The van der Waals surface area contributed by atoms with Crippen LogP contribution in [0.15, 0.2) is 34.3 Å². The topological polar surface area (TPSA) is 62.0 Å². The maximum absolute atomic E-state index is 11.9. The molecule has 0 saturated heterocycles. The molecule has 0 aromatic heterocycles. The number of carboxylic acid groups (broad SMARTS) is 1. The van der Waals surface area contributed by atoms with Gasteiger partial charge < -0.3 is 5.11 Å². The second kappa shape index (κ2) is 6.89. The summed E-state index contributed by atoms with van der Waals surface area (Å²) in [6.45, 7) is 17.9. The third-order valence-electron chi connectivity index (χ3n) is 4.19. The highest BCUT2D eigenvalue weighted by atomic mass is 16.4. The lowest BCUT2D eigenvalue weighted by Crippen LogP contribution is -2.46. The van der Waals surface area contributed by atoms with Crippen LogP contribution in [0.25, 0.3) is 0 Å². The molecule has 0 fully saturated rings. The minimum Gasteiger partial charge on any atom is -0.478 e. The van der Waals surface area contributed by atoms with Crippen LogP contribution in [0.1, 0.15) is 68.7 Å². The van der Waals surface area contributed by atoms with Crippen LogP contribution in [-0.2, 0) is 4.79 Å². The van der Waals surface area contributed by atoms with E-state index in [2.05, 4.69) is 34.3 Å². The molecule has 0 radical (unpaired) electrons. The van der Waals surface area contributed by atoms with Crippen LogP contribution < -0.4 is 0 Å². The molecule has 1 N–H and O–H groups in total. The van der Waals surface area contributed by atoms with Gasteiger partial charge in [-0.25, -0.2) is 14.8 Å². The summed E-state index contributed by atoms with van der Waals surface area (Å²) in [7, 11) is 0. The van der Waals surface area contributed by atoms with Crippen LogP contribution in [0.4, 0.5) is 0 Å². The van der Waals surface area contributed by atoms with E-state index in [0.717, 1.165) is 17.8 Å². The Hall–Kier alpha value is -1.71. The molecule has 0 aromatic rings. The predicted molar refractivity (Wildman–Crippen MR) is 106 cm³/mol. The van der Waals surface area contributed by atoms with Gasteiger partial charge in [0.2, 0.25) is 0 Å². The van der Waals surface area contributed by atoms with E-state index in [4.69, 9.17) is 0 Å². The second-order valence-electron chi connectivity index (χ2n) is 9.74. The van der Waals surface area contributed by atoms with Crippen LogP contribution in [0.5, 0.6) is 0 Å². The van der Waals surface area contributed by atoms with Gasteiger partial charge in [0.15, 0.2) is 0 Å². The van der Waals surface area contributed by atoms with Crippen molar-refractivity contribution >= 4 is 17.4 Å². The average molecular weight is 347 g/mol. The molecule has 25 heavy (non-hydrogen) atoms. The Kier molecular flexibility index (Phi) is 5.88. The molecule has 140 valence electrons. The first-order valence-electron chi connectivity index (χ1n) is 8.89. The molecule has 1 aliphatic heterocycles. The molecule has 4 heteroatoms. The van der Waals surface area contributed by atoms with E-state index in [-0.39, 0.29) is 10.8 Å². The SMILES string of the molecule is C1=CCC=C1.CC(C)(C)C1=NC(C(=O)O)(C(C)(C)C)N=C1C(C)(C)C. The van der Waals surface area contributed by atoms with Crippen molar-refractivity contribution in [2.45, 2.75) is 74.4 Å². The number of carbonyl (C=O) groups is 1. The van der Waals surface area contributed by atoms with Gasteiger partial charge >= 0.3 is 5.97 Å². The molecule has 0 bridgehead atoms. The Labute approximate surface area is 152 Å². The molecule has 0 atom stereocenters. The van der Waals surface area contributed by atoms with Crippen molar-refractivity contribution in [3.63, 3.8) is 0 Å². The molecule has 0 unspecified atom stereocenters. The first-order valence-corrected chi connectivity index (χ1v) is 8.89. The lowest BCUT2D eigenvalue weighted by atomic mass is 9.78. The van der Waals surface area contributed by atoms with Crippen LogP contribution in [-0.4, -0.2) is 28.2 Å². The zero-order chi connectivity index (χ0) is 19.7. The van der Waals surface area contributed by atoms with Crippen molar-refractivity contribution < 1.29 is 9.90 Å². The van der Waals surface area contributed by atoms with E-state index < -0.39 is 17.0 Å². The van der Waals surface area contributed by atoms with E-state index in [1.54, 1.807) is 0 Å². The summed E-state index contributed by atoms with van der Waals surface area (Å²) in [5, 5.41) is 9.75. The summed E-state index contributed by atoms with van der Waals surface area (Å²) in [6, 6.07) is 0. The Morgan fingerprint density at radius 1 is 0.880 bits per heavy atom. The molecular formula is C21H34N2O2. The largest absolute Gasteiger partial charge is 0.478 e. The predicted octanol–water partition coefficient (Wildman–Crippen LogP) is 5.30. The van der Waals surface area contributed by atoms with Crippen molar-refractivity contribution in [3.8, 4) is 0 Å². The normalized spacial score (nSPS) is 19.2. The molecule has 2 aliphatic rings. The van der Waals surface area contributed by atoms with Gasteiger partial charge in [-0.1, -0.05) is 86.6 Å². The maximum atomic E-state index is 11.9. The fourth-order valence-corrected chi connectivity index (χ4v) is 2.65. The number of hydrogen-bond donors (Lipinski definition) is 1. The van der Waals surface area contributed by atoms with Crippen molar-refractivity contribution in [2.24, 2.45) is 26.2 Å². The van der Waals surface area contributed by atoms with Gasteiger partial charge in [-0.2, -0.15) is 0 Å². The smallest absolute Gasteiger partial charge is 0.354 e. The number of rotatable bonds is 1. The third kappa shape index (κ3) is 4.68. The van der Waals surface area contributed by atoms with Crippen LogP contribution in [0, 0.1) is 16.2 Å². The van der Waals surface area contributed by atoms with E-state index in [1.165, 1.54) is 0 Å². The summed E-state index contributed by atoms with van der Waals surface area (Å²) >= 11 is 0. The van der Waals surface area contributed by atoms with E-state index >= 15 is 0 Å². The summed E-state index contributed by atoms with van der Waals surface area (Å²) in [5.41, 5.74) is -0.839. The highest BCUT2D eigenvalue weighted by Crippen LogP contribution is 2.43. The molecule has 0 amide bonds. The first-order chi connectivity index (χ1) is 11.1. The third-order valence-corrected chi connectivity index (χ3v) is 4.19. The van der Waals surface area contributed by atoms with Gasteiger partial charge in [0.05, 0.1) is 11.4 Å². The first kappa shape index (κ1) is 21.3. The molecule has 1 aliphatic carbocycles. The monoisotopic (exact) mass is 346 g/mol. The molecule has 1 heterocycles. The van der Waals surface area contributed by atoms with Crippen molar-refractivity contribution in [1.29, 1.82) is 0 Å². The highest BCUT2D eigenvalue weighted by Gasteiger charge is 2.55. The molecule has 4 nitrogen and oxygen atoms in total. The lowest BCUT2D eigenvalue weighted by molar-refractivity contribution is -0.146. The number of aliphatic carboxylic acids is 1. The number of hydrogen-bond acceptors (Lipinski definition) is 3. The standard InChI is InChI=1S/C16H28N2O2.C5H6/c1-13(2,3)10-11(14(4,5)6)18-16(17-10,12(19)20)15(7,8)9;1-2-4-5-3-1/h1-9H3,(H,19,20);1-4H,5H2. The van der Waals surface area contributed by atoms with Crippen LogP contribution in [0.2, 0.25) is 0 Å². The van der Waals surface area contributed by atoms with Crippen LogP contribution in [0.3, 0.4) is 0 Å². The van der Waals surface area contributed by atoms with Crippen molar-refractivity contribution in [2.75, 3.05) is 0 Å². The summed E-state index contributed by atoms with van der Waals surface area (Å²) < 4.78 is 0. The number of carboxylic acids is 1.